The molecule has 5 nitrogen and oxygen atoms in total. The van der Waals surface area contributed by atoms with Crippen molar-refractivity contribution in [2.45, 2.75) is 18.9 Å². The van der Waals surface area contributed by atoms with E-state index >= 15 is 0 Å². The van der Waals surface area contributed by atoms with Crippen LogP contribution in [0.2, 0.25) is 0 Å². The molecule has 1 unspecified atom stereocenters. The smallest absolute Gasteiger partial charge is 0.236 e. The van der Waals surface area contributed by atoms with E-state index in [-0.39, 0.29) is 5.91 Å². The summed E-state index contributed by atoms with van der Waals surface area (Å²) in [6.07, 6.45) is 2.25. The zero-order valence-electron chi connectivity index (χ0n) is 11.2. The maximum absolute atomic E-state index is 12.0. The highest BCUT2D eigenvalue weighted by Gasteiger charge is 2.28. The van der Waals surface area contributed by atoms with Gasteiger partial charge in [0.1, 0.15) is 0 Å². The molecule has 0 aliphatic carbocycles. The summed E-state index contributed by atoms with van der Waals surface area (Å²) in [5.74, 6) is 0.213. The Bertz CT molecular complexity index is 234. The number of ether oxygens (including phenoxy) is 1. The van der Waals surface area contributed by atoms with Gasteiger partial charge in [-0.25, -0.2) is 0 Å². The van der Waals surface area contributed by atoms with Crippen LogP contribution < -0.4 is 5.32 Å². The predicted octanol–water partition coefficient (Wildman–Crippen LogP) is -0.225. The lowest BCUT2D eigenvalue weighted by atomic mass is 10.2. The number of amides is 1. The van der Waals surface area contributed by atoms with Crippen molar-refractivity contribution >= 4 is 5.91 Å². The number of nitrogens with zero attached hydrogens (tertiary/aromatic N) is 2. The van der Waals surface area contributed by atoms with Crippen LogP contribution in [0.1, 0.15) is 12.8 Å². The highest BCUT2D eigenvalue weighted by atomic mass is 16.5. The fraction of sp³-hybridized carbons (Fsp3) is 0.917. The molecule has 1 saturated heterocycles. The summed E-state index contributed by atoms with van der Waals surface area (Å²) in [7, 11) is 5.77. The van der Waals surface area contributed by atoms with Crippen molar-refractivity contribution in [3.63, 3.8) is 0 Å². The van der Waals surface area contributed by atoms with Crippen molar-refractivity contribution in [1.82, 2.24) is 15.1 Å². The minimum absolute atomic E-state index is 0.213. The topological polar surface area (TPSA) is 44.8 Å². The third-order valence-electron chi connectivity index (χ3n) is 3.03. The van der Waals surface area contributed by atoms with Crippen molar-refractivity contribution in [2.24, 2.45) is 0 Å². The number of methoxy groups -OCH3 is 1. The van der Waals surface area contributed by atoms with E-state index in [1.165, 1.54) is 0 Å². The molecule has 0 spiro atoms. The second-order valence-electron chi connectivity index (χ2n) is 4.82. The highest BCUT2D eigenvalue weighted by Crippen LogP contribution is 2.17. The van der Waals surface area contributed by atoms with Crippen LogP contribution in [0.4, 0.5) is 0 Å². The lowest BCUT2D eigenvalue weighted by Gasteiger charge is -2.27. The molecular weight excluding hydrogens is 218 g/mol. The SMILES string of the molecule is COCCNCC(=O)N1CCCC1CN(C)C. The van der Waals surface area contributed by atoms with Crippen LogP contribution in [0.25, 0.3) is 0 Å². The first kappa shape index (κ1) is 14.4. The number of rotatable bonds is 7. The summed E-state index contributed by atoms with van der Waals surface area (Å²) in [6.45, 7) is 3.67. The van der Waals surface area contributed by atoms with Crippen molar-refractivity contribution in [2.75, 3.05) is 54.0 Å². The van der Waals surface area contributed by atoms with E-state index in [9.17, 15) is 4.79 Å². The van der Waals surface area contributed by atoms with E-state index in [1.54, 1.807) is 7.11 Å². The number of hydrogen-bond donors (Lipinski definition) is 1. The van der Waals surface area contributed by atoms with Gasteiger partial charge in [0.2, 0.25) is 5.91 Å². The lowest BCUT2D eigenvalue weighted by Crippen LogP contribution is -2.45. The molecule has 0 bridgehead atoms. The van der Waals surface area contributed by atoms with E-state index in [0.717, 1.165) is 32.5 Å². The second kappa shape index (κ2) is 7.63. The van der Waals surface area contributed by atoms with Gasteiger partial charge in [-0.05, 0) is 26.9 Å². The molecule has 5 heteroatoms. The van der Waals surface area contributed by atoms with Gasteiger partial charge in [0.15, 0.2) is 0 Å². The Morgan fingerprint density at radius 2 is 2.29 bits per heavy atom. The van der Waals surface area contributed by atoms with Crippen molar-refractivity contribution in [3.8, 4) is 0 Å². The summed E-state index contributed by atoms with van der Waals surface area (Å²) in [5.41, 5.74) is 0. The van der Waals surface area contributed by atoms with E-state index in [0.29, 0.717) is 19.2 Å². The Morgan fingerprint density at radius 1 is 1.53 bits per heavy atom. The van der Waals surface area contributed by atoms with Crippen molar-refractivity contribution in [1.29, 1.82) is 0 Å². The minimum Gasteiger partial charge on any atom is -0.383 e. The summed E-state index contributed by atoms with van der Waals surface area (Å²) >= 11 is 0. The summed E-state index contributed by atoms with van der Waals surface area (Å²) < 4.78 is 4.93. The summed E-state index contributed by atoms with van der Waals surface area (Å²) in [6, 6.07) is 0.390. The van der Waals surface area contributed by atoms with E-state index < -0.39 is 0 Å². The molecule has 1 atom stereocenters. The third kappa shape index (κ3) is 5.02. The van der Waals surface area contributed by atoms with Gasteiger partial charge in [-0.1, -0.05) is 0 Å². The molecule has 0 aromatic carbocycles. The van der Waals surface area contributed by atoms with E-state index in [4.69, 9.17) is 4.74 Å². The van der Waals surface area contributed by atoms with Gasteiger partial charge in [-0.15, -0.1) is 0 Å². The van der Waals surface area contributed by atoms with Gasteiger partial charge in [-0.2, -0.15) is 0 Å². The number of likely N-dealkylation sites (tertiary alicyclic amines) is 1. The second-order valence-corrected chi connectivity index (χ2v) is 4.82. The Kier molecular flexibility index (Phi) is 6.47. The third-order valence-corrected chi connectivity index (χ3v) is 3.03. The average Bonchev–Trinajstić information content (AvgIpc) is 2.71. The van der Waals surface area contributed by atoms with Gasteiger partial charge in [0.25, 0.3) is 0 Å². The van der Waals surface area contributed by atoms with Crippen LogP contribution in [0.3, 0.4) is 0 Å². The van der Waals surface area contributed by atoms with Crippen molar-refractivity contribution < 1.29 is 9.53 Å². The first-order valence-electron chi connectivity index (χ1n) is 6.29. The Balaban J connectivity index is 2.29. The van der Waals surface area contributed by atoms with Gasteiger partial charge in [-0.3, -0.25) is 4.79 Å². The Morgan fingerprint density at radius 3 is 2.94 bits per heavy atom. The molecule has 17 heavy (non-hydrogen) atoms. The first-order valence-corrected chi connectivity index (χ1v) is 6.29. The number of hydrogen-bond acceptors (Lipinski definition) is 4. The largest absolute Gasteiger partial charge is 0.383 e. The molecule has 100 valence electrons. The molecule has 1 N–H and O–H groups in total. The summed E-state index contributed by atoms with van der Waals surface area (Å²) in [5, 5.41) is 3.11. The molecule has 1 aliphatic rings. The quantitative estimate of drug-likeness (QED) is 0.628. The molecule has 1 aliphatic heterocycles. The van der Waals surface area contributed by atoms with E-state index in [1.807, 2.05) is 4.90 Å². The number of nitrogens with one attached hydrogen (secondary N) is 1. The number of carbonyl (C=O) groups excluding carboxylic acids is 1. The van der Waals surface area contributed by atoms with Crippen LogP contribution in [-0.4, -0.2) is 75.7 Å². The zero-order valence-corrected chi connectivity index (χ0v) is 11.2. The molecule has 1 amide bonds. The van der Waals surface area contributed by atoms with Crippen LogP contribution >= 0.6 is 0 Å². The first-order chi connectivity index (χ1) is 8.15. The predicted molar refractivity (Wildman–Crippen MR) is 68.0 cm³/mol. The fourth-order valence-electron chi connectivity index (χ4n) is 2.25. The standard InChI is InChI=1S/C12H25N3O2/c1-14(2)10-11-5-4-7-15(11)12(16)9-13-6-8-17-3/h11,13H,4-10H2,1-3H3. The average molecular weight is 243 g/mol. The molecule has 1 heterocycles. The van der Waals surface area contributed by atoms with Crippen LogP contribution in [-0.2, 0) is 9.53 Å². The maximum atomic E-state index is 12.0. The van der Waals surface area contributed by atoms with Gasteiger partial charge in [0, 0.05) is 32.8 Å². The molecule has 0 saturated carbocycles. The minimum atomic E-state index is 0.213. The molecule has 1 fully saturated rings. The van der Waals surface area contributed by atoms with Gasteiger partial charge >= 0.3 is 0 Å². The molecule has 1 rings (SSSR count). The normalized spacial score (nSPS) is 20.2. The summed E-state index contributed by atoms with van der Waals surface area (Å²) in [4.78, 5) is 16.2. The Hall–Kier alpha value is -0.650. The fourth-order valence-corrected chi connectivity index (χ4v) is 2.25. The Labute approximate surface area is 104 Å². The van der Waals surface area contributed by atoms with Crippen molar-refractivity contribution in [3.05, 3.63) is 0 Å². The monoisotopic (exact) mass is 243 g/mol. The van der Waals surface area contributed by atoms with Gasteiger partial charge in [0.05, 0.1) is 13.2 Å². The number of carbonyl (C=O) groups is 1. The molecule has 0 radical (unpaired) electrons. The maximum Gasteiger partial charge on any atom is 0.236 e. The van der Waals surface area contributed by atoms with Crippen LogP contribution in [0.5, 0.6) is 0 Å². The van der Waals surface area contributed by atoms with E-state index in [2.05, 4.69) is 24.3 Å². The van der Waals surface area contributed by atoms with Gasteiger partial charge < -0.3 is 19.9 Å². The van der Waals surface area contributed by atoms with Crippen LogP contribution in [0.15, 0.2) is 0 Å². The molecule has 0 aromatic heterocycles. The molecular formula is C12H25N3O2. The van der Waals surface area contributed by atoms with Crippen LogP contribution in [0, 0.1) is 0 Å². The lowest BCUT2D eigenvalue weighted by molar-refractivity contribution is -0.131. The zero-order chi connectivity index (χ0) is 12.7. The number of likely N-dealkylation sites (N-methyl/N-ethyl adjacent to an activating group) is 1. The molecule has 0 aromatic rings. The highest BCUT2D eigenvalue weighted by molar-refractivity contribution is 5.78.